The monoisotopic (exact) mass is 304 g/mol. The van der Waals surface area contributed by atoms with Gasteiger partial charge in [-0.2, -0.15) is 0 Å². The van der Waals surface area contributed by atoms with Crippen LogP contribution in [0.2, 0.25) is 0 Å². The summed E-state index contributed by atoms with van der Waals surface area (Å²) in [5.74, 6) is 1.33. The molecule has 0 saturated heterocycles. The molecular weight excluding hydrogens is 296 g/mol. The van der Waals surface area contributed by atoms with Gasteiger partial charge in [0.1, 0.15) is 0 Å². The van der Waals surface area contributed by atoms with Crippen molar-refractivity contribution in [2.24, 2.45) is 7.05 Å². The standard InChI is InChI=1S/C8H9BrN4S2/c1-13-7(10)11-12-8(13)15-4-6-5(9)2-3-14-6/h2-3H,4H2,1H3,(H2,10,11). The van der Waals surface area contributed by atoms with Crippen molar-refractivity contribution in [1.82, 2.24) is 14.8 Å². The van der Waals surface area contributed by atoms with Gasteiger partial charge in [0.15, 0.2) is 5.16 Å². The molecule has 4 nitrogen and oxygen atoms in total. The van der Waals surface area contributed by atoms with Crippen molar-refractivity contribution in [2.75, 3.05) is 5.73 Å². The number of thioether (sulfide) groups is 1. The molecule has 0 atom stereocenters. The van der Waals surface area contributed by atoms with Crippen LogP contribution in [0.5, 0.6) is 0 Å². The Morgan fingerprint density at radius 2 is 2.40 bits per heavy atom. The first kappa shape index (κ1) is 11.0. The summed E-state index contributed by atoms with van der Waals surface area (Å²) in [5, 5.41) is 10.7. The molecule has 2 heterocycles. The van der Waals surface area contributed by atoms with Crippen LogP contribution in [-0.4, -0.2) is 14.8 Å². The van der Waals surface area contributed by atoms with Gasteiger partial charge in [0.05, 0.1) is 0 Å². The third-order valence-electron chi connectivity index (χ3n) is 1.89. The van der Waals surface area contributed by atoms with Gasteiger partial charge in [0.25, 0.3) is 0 Å². The highest BCUT2D eigenvalue weighted by atomic mass is 79.9. The summed E-state index contributed by atoms with van der Waals surface area (Å²) in [7, 11) is 1.86. The predicted molar refractivity (Wildman–Crippen MR) is 67.0 cm³/mol. The van der Waals surface area contributed by atoms with Crippen molar-refractivity contribution >= 4 is 45.0 Å². The van der Waals surface area contributed by atoms with Gasteiger partial charge in [-0.25, -0.2) is 0 Å². The Balaban J connectivity index is 2.05. The minimum absolute atomic E-state index is 0.447. The SMILES string of the molecule is Cn1c(N)nnc1SCc1sccc1Br. The van der Waals surface area contributed by atoms with Crippen molar-refractivity contribution in [2.45, 2.75) is 10.9 Å². The number of nitrogens with two attached hydrogens (primary N) is 1. The third kappa shape index (κ3) is 2.35. The molecular formula is C8H9BrN4S2. The molecule has 7 heteroatoms. The summed E-state index contributed by atoms with van der Waals surface area (Å²) in [6.45, 7) is 0. The van der Waals surface area contributed by atoms with Gasteiger partial charge in [-0.05, 0) is 27.4 Å². The van der Waals surface area contributed by atoms with Crippen LogP contribution >= 0.6 is 39.0 Å². The van der Waals surface area contributed by atoms with E-state index < -0.39 is 0 Å². The van der Waals surface area contributed by atoms with E-state index in [9.17, 15) is 0 Å². The number of hydrogen-bond donors (Lipinski definition) is 1. The molecule has 0 radical (unpaired) electrons. The zero-order valence-corrected chi connectivity index (χ0v) is 11.2. The molecule has 15 heavy (non-hydrogen) atoms. The van der Waals surface area contributed by atoms with E-state index >= 15 is 0 Å². The Bertz CT molecular complexity index is 465. The van der Waals surface area contributed by atoms with E-state index in [4.69, 9.17) is 5.73 Å². The second kappa shape index (κ2) is 4.54. The molecule has 0 unspecified atom stereocenters. The molecule has 2 aromatic heterocycles. The normalized spacial score (nSPS) is 10.8. The van der Waals surface area contributed by atoms with Gasteiger partial charge in [0.2, 0.25) is 5.95 Å². The van der Waals surface area contributed by atoms with Gasteiger partial charge in [-0.1, -0.05) is 11.8 Å². The first-order chi connectivity index (χ1) is 7.18. The summed E-state index contributed by atoms with van der Waals surface area (Å²) >= 11 is 6.85. The lowest BCUT2D eigenvalue weighted by atomic mass is 10.5. The summed E-state index contributed by atoms with van der Waals surface area (Å²) in [4.78, 5) is 1.29. The first-order valence-corrected chi connectivity index (χ1v) is 6.84. The zero-order valence-electron chi connectivity index (χ0n) is 7.98. The first-order valence-electron chi connectivity index (χ1n) is 4.18. The number of halogens is 1. The topological polar surface area (TPSA) is 56.7 Å². The van der Waals surface area contributed by atoms with Crippen molar-refractivity contribution in [3.8, 4) is 0 Å². The van der Waals surface area contributed by atoms with Gasteiger partial charge >= 0.3 is 0 Å². The number of nitrogens with zero attached hydrogens (tertiary/aromatic N) is 3. The van der Waals surface area contributed by atoms with Crippen LogP contribution in [0, 0.1) is 0 Å². The maximum absolute atomic E-state index is 5.59. The fourth-order valence-electron chi connectivity index (χ4n) is 1.01. The fourth-order valence-corrected chi connectivity index (χ4v) is 3.72. The molecule has 2 aromatic rings. The minimum atomic E-state index is 0.447. The summed E-state index contributed by atoms with van der Waals surface area (Å²) < 4.78 is 2.93. The largest absolute Gasteiger partial charge is 0.368 e. The summed E-state index contributed by atoms with van der Waals surface area (Å²) in [6.07, 6.45) is 0. The van der Waals surface area contributed by atoms with E-state index in [1.54, 1.807) is 27.7 Å². The van der Waals surface area contributed by atoms with Gasteiger partial charge in [-0.3, -0.25) is 4.57 Å². The maximum Gasteiger partial charge on any atom is 0.222 e. The van der Waals surface area contributed by atoms with E-state index in [-0.39, 0.29) is 0 Å². The number of rotatable bonds is 3. The van der Waals surface area contributed by atoms with E-state index in [1.807, 2.05) is 13.1 Å². The quantitative estimate of drug-likeness (QED) is 0.885. The number of hydrogen-bond acceptors (Lipinski definition) is 5. The van der Waals surface area contributed by atoms with E-state index in [0.29, 0.717) is 5.95 Å². The van der Waals surface area contributed by atoms with Crippen LogP contribution in [-0.2, 0) is 12.8 Å². The maximum atomic E-state index is 5.59. The molecule has 2 N–H and O–H groups in total. The van der Waals surface area contributed by atoms with Crippen LogP contribution in [0.15, 0.2) is 21.1 Å². The van der Waals surface area contributed by atoms with Gasteiger partial charge in [0, 0.05) is 22.2 Å². The highest BCUT2D eigenvalue weighted by Crippen LogP contribution is 2.29. The van der Waals surface area contributed by atoms with Crippen molar-refractivity contribution < 1.29 is 0 Å². The molecule has 80 valence electrons. The lowest BCUT2D eigenvalue weighted by molar-refractivity contribution is 0.796. The lowest BCUT2D eigenvalue weighted by Crippen LogP contribution is -1.97. The molecule has 0 saturated carbocycles. The Kier molecular flexibility index (Phi) is 3.32. The van der Waals surface area contributed by atoms with Gasteiger partial charge < -0.3 is 5.73 Å². The molecule has 0 aromatic carbocycles. The van der Waals surface area contributed by atoms with Gasteiger partial charge in [-0.15, -0.1) is 21.5 Å². The lowest BCUT2D eigenvalue weighted by Gasteiger charge is -1.99. The number of thiophene rings is 1. The van der Waals surface area contributed by atoms with E-state index in [1.165, 1.54) is 4.88 Å². The summed E-state index contributed by atoms with van der Waals surface area (Å²) in [5.41, 5.74) is 5.59. The molecule has 0 bridgehead atoms. The highest BCUT2D eigenvalue weighted by molar-refractivity contribution is 9.10. The molecule has 0 aliphatic carbocycles. The number of nitrogen functional groups attached to an aromatic ring is 1. The van der Waals surface area contributed by atoms with Crippen LogP contribution < -0.4 is 5.73 Å². The number of aromatic nitrogens is 3. The van der Waals surface area contributed by atoms with Crippen LogP contribution in [0.3, 0.4) is 0 Å². The van der Waals surface area contributed by atoms with E-state index in [0.717, 1.165) is 15.4 Å². The number of anilines is 1. The van der Waals surface area contributed by atoms with Crippen LogP contribution in [0.4, 0.5) is 5.95 Å². The van der Waals surface area contributed by atoms with Crippen LogP contribution in [0.25, 0.3) is 0 Å². The molecule has 0 aliphatic rings. The Hall–Kier alpha value is -0.530. The van der Waals surface area contributed by atoms with Crippen molar-refractivity contribution in [1.29, 1.82) is 0 Å². The van der Waals surface area contributed by atoms with Crippen LogP contribution in [0.1, 0.15) is 4.88 Å². The fraction of sp³-hybridized carbons (Fsp3) is 0.250. The third-order valence-corrected chi connectivity index (χ3v) is 5.05. The van der Waals surface area contributed by atoms with Crippen molar-refractivity contribution in [3.05, 3.63) is 20.8 Å². The molecule has 0 amide bonds. The second-order valence-corrected chi connectivity index (χ2v) is 5.68. The Labute approximate surface area is 104 Å². The average Bonchev–Trinajstić information content (AvgIpc) is 2.74. The highest BCUT2D eigenvalue weighted by Gasteiger charge is 2.08. The average molecular weight is 305 g/mol. The Morgan fingerprint density at radius 1 is 1.60 bits per heavy atom. The molecule has 0 aliphatic heterocycles. The van der Waals surface area contributed by atoms with E-state index in [2.05, 4.69) is 31.5 Å². The smallest absolute Gasteiger partial charge is 0.222 e. The zero-order chi connectivity index (χ0) is 10.8. The summed E-state index contributed by atoms with van der Waals surface area (Å²) in [6, 6.07) is 2.05. The predicted octanol–water partition coefficient (Wildman–Crippen LogP) is 2.51. The second-order valence-electron chi connectivity index (χ2n) is 2.88. The van der Waals surface area contributed by atoms with Crippen molar-refractivity contribution in [3.63, 3.8) is 0 Å². The molecule has 0 spiro atoms. The molecule has 2 rings (SSSR count). The molecule has 0 fully saturated rings. The Morgan fingerprint density at radius 3 is 2.93 bits per heavy atom. The minimum Gasteiger partial charge on any atom is -0.368 e.